The van der Waals surface area contributed by atoms with Gasteiger partial charge >= 0.3 is 424 Å². The Morgan fingerprint density at radius 3 is 1.28 bits per heavy atom. The Morgan fingerprint density at radius 1 is 0.432 bits per heavy atom. The molecule has 0 saturated heterocycles. The van der Waals surface area contributed by atoms with Crippen molar-refractivity contribution in [2.75, 3.05) is 0 Å². The van der Waals surface area contributed by atoms with E-state index in [-0.39, 0.29) is 62.1 Å². The molecule has 12 aromatic rings. The zero-order valence-corrected chi connectivity index (χ0v) is 50.9. The van der Waals surface area contributed by atoms with E-state index in [1.807, 2.05) is 48.0 Å². The van der Waals surface area contributed by atoms with Gasteiger partial charge in [0.05, 0.1) is 0 Å². The fourth-order valence-corrected chi connectivity index (χ4v) is 17.2. The summed E-state index contributed by atoms with van der Waals surface area (Å²) in [4.78, 5) is 30.2. The number of rotatable bonds is 7. The molecule has 0 aliphatic carbocycles. The molecule has 0 amide bonds. The van der Waals surface area contributed by atoms with E-state index < -0.39 is 62.9 Å². The van der Waals surface area contributed by atoms with Crippen LogP contribution in [-0.2, 0) is 53.8 Å². The van der Waals surface area contributed by atoms with Gasteiger partial charge in [0.2, 0.25) is 0 Å². The molecule has 433 valence electrons. The maximum atomic E-state index is 12.8. The summed E-state index contributed by atoms with van der Waals surface area (Å²) in [6.45, 7) is 0. The van der Waals surface area contributed by atoms with Crippen molar-refractivity contribution in [3.8, 4) is 11.1 Å². The molecule has 0 saturated carbocycles. The minimum absolute atomic E-state index is 0. The molecule has 0 unspecified atom stereocenters. The first kappa shape index (κ1) is 56.8. The van der Waals surface area contributed by atoms with E-state index >= 15 is 0 Å². The van der Waals surface area contributed by atoms with Crippen LogP contribution in [0.2, 0.25) is 0 Å². The van der Waals surface area contributed by atoms with Crippen molar-refractivity contribution in [1.29, 1.82) is 0 Å². The van der Waals surface area contributed by atoms with Crippen molar-refractivity contribution >= 4 is 160 Å². The van der Waals surface area contributed by atoms with E-state index in [4.69, 9.17) is 34.3 Å². The molecule has 88 heavy (non-hydrogen) atoms. The van der Waals surface area contributed by atoms with Gasteiger partial charge in [0.15, 0.2) is 24.8 Å². The molecule has 4 aromatic heterocycles. The molecule has 4 aliphatic heterocycles. The number of aryl methyl sites for hydroxylation is 2. The van der Waals surface area contributed by atoms with Gasteiger partial charge in [-0.15, -0.1) is 0 Å². The Kier molecular flexibility index (Phi) is 13.5. The first-order valence-electron chi connectivity index (χ1n) is 26.2. The number of amidine groups is 4. The van der Waals surface area contributed by atoms with Crippen LogP contribution < -0.4 is 25.4 Å². The molecule has 8 heterocycles. The Labute approximate surface area is 509 Å². The first-order valence-corrected chi connectivity index (χ1v) is 33.3. The van der Waals surface area contributed by atoms with Crippen LogP contribution in [0.25, 0.3) is 75.8 Å². The third kappa shape index (κ3) is 9.45. The number of aliphatic imine (C=N–C) groups is 4. The molecule has 4 aliphatic rings. The van der Waals surface area contributed by atoms with Gasteiger partial charge in [0.1, 0.15) is 14.1 Å². The molecular formula is C60H36GaN10O13S4-2. The van der Waals surface area contributed by atoms with Gasteiger partial charge in [-0.2, -0.15) is 0 Å². The summed E-state index contributed by atoms with van der Waals surface area (Å²) < 4.78 is 128. The van der Waals surface area contributed by atoms with E-state index in [1.54, 1.807) is 60.7 Å². The molecular weight excluding hydrogens is 1270 g/mol. The minimum atomic E-state index is -5.02. The quantitative estimate of drug-likeness (QED) is 0.0495. The second-order valence-electron chi connectivity index (χ2n) is 20.7. The van der Waals surface area contributed by atoms with Crippen LogP contribution in [0.1, 0.15) is 22.3 Å². The Balaban J connectivity index is 0.000000400. The Morgan fingerprint density at radius 2 is 0.807 bits per heavy atom. The van der Waals surface area contributed by atoms with Crippen molar-refractivity contribution in [2.45, 2.75) is 19.6 Å². The van der Waals surface area contributed by atoms with Crippen molar-refractivity contribution in [3.05, 3.63) is 204 Å². The summed E-state index contributed by atoms with van der Waals surface area (Å²) in [5.74, 6) is 1.07. The van der Waals surface area contributed by atoms with Gasteiger partial charge in [0, 0.05) is 24.3 Å². The molecule has 8 aromatic carbocycles. The van der Waals surface area contributed by atoms with Crippen molar-refractivity contribution in [2.24, 2.45) is 44.0 Å². The van der Waals surface area contributed by atoms with Gasteiger partial charge in [0.25, 0.3) is 0 Å². The van der Waals surface area contributed by atoms with Crippen LogP contribution in [-0.4, -0.2) is 92.2 Å². The first-order chi connectivity index (χ1) is 41.7. The average molecular weight is 1300 g/mol. The summed E-state index contributed by atoms with van der Waals surface area (Å²) in [5.41, 5.74) is 4.79. The number of nitrogens with zero attached hydrogens (tertiary/aromatic N) is 10. The second kappa shape index (κ2) is 20.8. The number of pyridine rings is 2. The third-order valence-corrected chi connectivity index (χ3v) is 21.9. The van der Waals surface area contributed by atoms with E-state index in [1.165, 1.54) is 53.6 Å². The fourth-order valence-electron chi connectivity index (χ4n) is 11.5. The zero-order valence-electron chi connectivity index (χ0n) is 45.2. The standard InChI is InChI=1S/C48H24N8O12S4.C12H14N2.Ga.H2O/c57-67-68-69-37-9-1-5-21-13-29-33(17-25(21)37)45-49-41(29)51-46-35-19-27-23(7-3-11-39(27)71(61,62)63)15-31(35)43(53-46)55-48-36-20-28-24(8-4-12-40(28)72(64,65)66)16-32(36)44(56-48)54-47-34-18-26-22(14-30(34)42(50-45)52-47)6-2-10-38(26)70(58,59)60;1-13-7-3-11(4-8-13)12-5-9-14(2)10-6-12;;/h1-20H,(H4-2,49,50,51,52,53,54,55,56,57,58,59,60,61,62,63,64,65,66);3-10H,1-2H3;;1H2/q-2;2*+2;/p-4. The van der Waals surface area contributed by atoms with Crippen LogP contribution in [0, 0.1) is 0 Å². The predicted octanol–water partition coefficient (Wildman–Crippen LogP) is 5.20. The maximum absolute atomic E-state index is 12.8. The molecule has 23 nitrogen and oxygen atoms in total. The number of hydrogen-bond acceptors (Lipinski definition) is 19. The molecule has 1 radical (unpaired) electrons. The Hall–Kier alpha value is -8.98. The molecule has 0 fully saturated rings. The molecule has 6 bridgehead atoms. The van der Waals surface area contributed by atoms with Gasteiger partial charge in [-0.25, -0.2) is 9.13 Å². The molecule has 2 N–H and O–H groups in total. The van der Waals surface area contributed by atoms with Gasteiger partial charge < -0.3 is 5.48 Å². The normalized spacial score (nSPS) is 14.0. The molecule has 28 heteroatoms. The van der Waals surface area contributed by atoms with Crippen molar-refractivity contribution < 1.29 is 68.2 Å². The number of fused-ring (bicyclic) bond motifs is 18. The summed E-state index contributed by atoms with van der Waals surface area (Å²) in [6.07, 6.45) is 8.23. The average Bonchev–Trinajstić information content (AvgIpc) is 1.58. The number of benzene rings is 8. The third-order valence-electron chi connectivity index (χ3n) is 15.5. The van der Waals surface area contributed by atoms with E-state index in [9.17, 15) is 44.2 Å². The summed E-state index contributed by atoms with van der Waals surface area (Å²) in [6, 6.07) is 40.2. The predicted molar refractivity (Wildman–Crippen MR) is 321 cm³/mol. The topological polar surface area (TPSA) is 336 Å². The number of hydrogen-bond donors (Lipinski definition) is 0. The van der Waals surface area contributed by atoms with Crippen LogP contribution in [0.5, 0.6) is 0 Å². The molecule has 0 atom stereocenters. The zero-order chi connectivity index (χ0) is 60.0. The second-order valence-corrected chi connectivity index (χ2v) is 28.1. The van der Waals surface area contributed by atoms with E-state index in [2.05, 4.69) is 54.1 Å². The van der Waals surface area contributed by atoms with Gasteiger partial charge in [-0.1, -0.05) is 0 Å². The van der Waals surface area contributed by atoms with Gasteiger partial charge in [-0.3, -0.25) is 0 Å². The van der Waals surface area contributed by atoms with Gasteiger partial charge in [-0.05, 0) is 11.1 Å². The van der Waals surface area contributed by atoms with Crippen LogP contribution in [0.15, 0.2) is 220 Å². The molecule has 0 spiro atoms. The fraction of sp³-hybridized carbons (Fsp3) is 0.0333. The van der Waals surface area contributed by atoms with Crippen molar-refractivity contribution in [3.63, 3.8) is 0 Å². The molecule has 16 rings (SSSR count). The summed E-state index contributed by atoms with van der Waals surface area (Å²) in [7, 11) is -11.0. The summed E-state index contributed by atoms with van der Waals surface area (Å²) >= 11 is -1.74. The number of aromatic nitrogens is 4. The van der Waals surface area contributed by atoms with Crippen molar-refractivity contribution in [1.82, 2.24) is 6.55 Å². The van der Waals surface area contributed by atoms with Crippen LogP contribution in [0.3, 0.4) is 0 Å². The monoisotopic (exact) mass is 1300 g/mol. The Bertz CT molecular complexity index is 5740. The van der Waals surface area contributed by atoms with Crippen LogP contribution >= 0.6 is 12.0 Å². The summed E-state index contributed by atoms with van der Waals surface area (Å²) in [5, 5.41) is 19.1. The van der Waals surface area contributed by atoms with Crippen LogP contribution in [0.4, 0.5) is 11.6 Å². The SMILES string of the molecule is C[n+]1ccc(-c2cc[n+](C)cc2)cc1.O.O=S(=O)([O-])c1cccc2cc3c(cc12)C1=Nc2c4cc5cccc(S(=O)(=O)[O-])c5cc4c4[n]2[Ga][n]2c(c5cc6cccc(S(=O)(=O)[O-])c6cc5c2=NC3=N1)=NC1=NC(=N4)c2cc3cccc(SOO[O-])c3cc21. The van der Waals surface area contributed by atoms with E-state index in [0.717, 1.165) is 0 Å². The van der Waals surface area contributed by atoms with E-state index in [0.29, 0.717) is 93.2 Å².